The van der Waals surface area contributed by atoms with E-state index in [0.717, 1.165) is 22.2 Å². The average Bonchev–Trinajstić information content (AvgIpc) is 3.12. The molecule has 0 saturated heterocycles. The summed E-state index contributed by atoms with van der Waals surface area (Å²) in [5.41, 5.74) is 2.63. The van der Waals surface area contributed by atoms with Gasteiger partial charge in [-0.1, -0.05) is 0 Å². The molecule has 0 amide bonds. The molecule has 20 heavy (non-hydrogen) atoms. The molecule has 6 nitrogen and oxygen atoms in total. The Balaban J connectivity index is 1.76. The number of hydrogen-bond acceptors (Lipinski definition) is 5. The maximum atomic E-state index is 11.5. The van der Waals surface area contributed by atoms with Crippen LogP contribution in [0.3, 0.4) is 0 Å². The summed E-state index contributed by atoms with van der Waals surface area (Å²) in [5.74, 6) is -0.251. The quantitative estimate of drug-likeness (QED) is 0.713. The van der Waals surface area contributed by atoms with E-state index in [-0.39, 0.29) is 5.76 Å². The normalized spacial score (nSPS) is 10.7. The van der Waals surface area contributed by atoms with Crippen LogP contribution in [-0.4, -0.2) is 23.3 Å². The number of carbonyl (C=O) groups is 1. The van der Waals surface area contributed by atoms with Crippen molar-refractivity contribution >= 4 is 22.6 Å². The fraction of sp³-hybridized carbons (Fsp3) is 0.143. The largest absolute Gasteiger partial charge is 0.463 e. The van der Waals surface area contributed by atoms with Crippen molar-refractivity contribution in [1.82, 2.24) is 10.2 Å². The van der Waals surface area contributed by atoms with Crippen LogP contribution in [0.4, 0.5) is 5.69 Å². The molecule has 6 heteroatoms. The van der Waals surface area contributed by atoms with Crippen LogP contribution < -0.4 is 5.32 Å². The maximum Gasteiger partial charge on any atom is 0.374 e. The van der Waals surface area contributed by atoms with Crippen LogP contribution in [0.25, 0.3) is 10.9 Å². The van der Waals surface area contributed by atoms with Gasteiger partial charge in [-0.3, -0.25) is 5.10 Å². The molecule has 0 atom stereocenters. The fourth-order valence-electron chi connectivity index (χ4n) is 1.99. The van der Waals surface area contributed by atoms with Gasteiger partial charge < -0.3 is 14.5 Å². The van der Waals surface area contributed by atoms with E-state index in [1.54, 1.807) is 12.3 Å². The third-order valence-electron chi connectivity index (χ3n) is 3.04. The molecule has 1 aromatic carbocycles. The van der Waals surface area contributed by atoms with Gasteiger partial charge in [-0.15, -0.1) is 0 Å². The molecule has 0 aliphatic heterocycles. The predicted octanol–water partition coefficient (Wildman–Crippen LogP) is 2.55. The van der Waals surface area contributed by atoms with Crippen molar-refractivity contribution in [3.05, 3.63) is 48.0 Å². The van der Waals surface area contributed by atoms with Gasteiger partial charge in [0.2, 0.25) is 5.76 Å². The highest BCUT2D eigenvalue weighted by molar-refractivity contribution is 5.88. The molecule has 0 aliphatic rings. The minimum atomic E-state index is -0.476. The number of hydrogen-bond donors (Lipinski definition) is 2. The van der Waals surface area contributed by atoms with Gasteiger partial charge in [0.15, 0.2) is 0 Å². The van der Waals surface area contributed by atoms with E-state index < -0.39 is 5.97 Å². The highest BCUT2D eigenvalue weighted by atomic mass is 16.5. The third kappa shape index (κ3) is 2.23. The number of benzene rings is 1. The first kappa shape index (κ1) is 12.3. The zero-order valence-corrected chi connectivity index (χ0v) is 10.8. The van der Waals surface area contributed by atoms with Gasteiger partial charge >= 0.3 is 5.97 Å². The predicted molar refractivity (Wildman–Crippen MR) is 73.5 cm³/mol. The Kier molecular flexibility index (Phi) is 3.12. The number of aromatic amines is 1. The Labute approximate surface area is 114 Å². The standard InChI is InChI=1S/C14H13N3O3/c1-19-14(18)13-10(4-5-20-13)7-15-11-3-2-9-8-16-17-12(9)6-11/h2-6,8,15H,7H2,1H3,(H,16,17). The molecule has 3 aromatic rings. The maximum absolute atomic E-state index is 11.5. The lowest BCUT2D eigenvalue weighted by Gasteiger charge is -2.06. The Morgan fingerprint density at radius 3 is 3.20 bits per heavy atom. The number of rotatable bonds is 4. The molecule has 0 radical (unpaired) electrons. The van der Waals surface area contributed by atoms with Crippen molar-refractivity contribution in [3.63, 3.8) is 0 Å². The van der Waals surface area contributed by atoms with Gasteiger partial charge in [-0.25, -0.2) is 4.79 Å². The number of anilines is 1. The number of ether oxygens (including phenoxy) is 1. The first-order valence-electron chi connectivity index (χ1n) is 6.09. The third-order valence-corrected chi connectivity index (χ3v) is 3.04. The van der Waals surface area contributed by atoms with E-state index in [0.29, 0.717) is 6.54 Å². The SMILES string of the molecule is COC(=O)c1occc1CNc1ccc2cn[nH]c2c1. The first-order valence-corrected chi connectivity index (χ1v) is 6.09. The van der Waals surface area contributed by atoms with Crippen LogP contribution >= 0.6 is 0 Å². The van der Waals surface area contributed by atoms with Gasteiger partial charge in [0.1, 0.15) is 0 Å². The highest BCUT2D eigenvalue weighted by Crippen LogP contribution is 2.18. The first-order chi connectivity index (χ1) is 9.78. The van der Waals surface area contributed by atoms with Crippen LogP contribution in [0, 0.1) is 0 Å². The number of aromatic nitrogens is 2. The van der Waals surface area contributed by atoms with Crippen LogP contribution in [0.5, 0.6) is 0 Å². The molecule has 102 valence electrons. The number of methoxy groups -OCH3 is 1. The summed E-state index contributed by atoms with van der Waals surface area (Å²) in [4.78, 5) is 11.5. The second-order valence-electron chi connectivity index (χ2n) is 4.29. The average molecular weight is 271 g/mol. The Hall–Kier alpha value is -2.76. The van der Waals surface area contributed by atoms with Crippen LogP contribution in [0.2, 0.25) is 0 Å². The van der Waals surface area contributed by atoms with Crippen LogP contribution in [0.15, 0.2) is 41.1 Å². The second kappa shape index (κ2) is 5.08. The number of nitrogens with one attached hydrogen (secondary N) is 2. The van der Waals surface area contributed by atoms with Crippen molar-refractivity contribution in [2.45, 2.75) is 6.54 Å². The molecule has 0 spiro atoms. The zero-order chi connectivity index (χ0) is 13.9. The lowest BCUT2D eigenvalue weighted by Crippen LogP contribution is -2.06. The van der Waals surface area contributed by atoms with E-state index >= 15 is 0 Å². The molecular weight excluding hydrogens is 258 g/mol. The molecule has 0 bridgehead atoms. The van der Waals surface area contributed by atoms with Gasteiger partial charge in [0, 0.05) is 23.2 Å². The fourth-order valence-corrected chi connectivity index (χ4v) is 1.99. The van der Waals surface area contributed by atoms with Gasteiger partial charge in [0.05, 0.1) is 25.1 Å². The number of furan rings is 1. The van der Waals surface area contributed by atoms with Crippen molar-refractivity contribution in [1.29, 1.82) is 0 Å². The number of fused-ring (bicyclic) bond motifs is 1. The number of esters is 1. The van der Waals surface area contributed by atoms with E-state index in [9.17, 15) is 4.79 Å². The van der Waals surface area contributed by atoms with E-state index in [1.807, 2.05) is 18.2 Å². The summed E-state index contributed by atoms with van der Waals surface area (Å²) in [6.07, 6.45) is 3.24. The smallest absolute Gasteiger partial charge is 0.374 e. The van der Waals surface area contributed by atoms with E-state index in [2.05, 4.69) is 20.3 Å². The molecule has 2 heterocycles. The minimum Gasteiger partial charge on any atom is -0.463 e. The Morgan fingerprint density at radius 2 is 2.35 bits per heavy atom. The summed E-state index contributed by atoms with van der Waals surface area (Å²) in [5, 5.41) is 11.2. The topological polar surface area (TPSA) is 80.2 Å². The molecular formula is C14H13N3O3. The highest BCUT2D eigenvalue weighted by Gasteiger charge is 2.15. The van der Waals surface area contributed by atoms with Gasteiger partial charge in [-0.2, -0.15) is 5.10 Å². The van der Waals surface area contributed by atoms with Gasteiger partial charge in [0.25, 0.3) is 0 Å². The lowest BCUT2D eigenvalue weighted by molar-refractivity contribution is 0.0563. The van der Waals surface area contributed by atoms with Crippen molar-refractivity contribution in [2.75, 3.05) is 12.4 Å². The summed E-state index contributed by atoms with van der Waals surface area (Å²) >= 11 is 0. The molecule has 0 fully saturated rings. The number of carbonyl (C=O) groups excluding carboxylic acids is 1. The van der Waals surface area contributed by atoms with Crippen LogP contribution in [0.1, 0.15) is 16.1 Å². The summed E-state index contributed by atoms with van der Waals surface area (Å²) < 4.78 is 9.79. The molecule has 0 aliphatic carbocycles. The summed E-state index contributed by atoms with van der Waals surface area (Å²) in [6.45, 7) is 0.473. The lowest BCUT2D eigenvalue weighted by atomic mass is 10.2. The molecule has 0 unspecified atom stereocenters. The number of nitrogens with zero attached hydrogens (tertiary/aromatic N) is 1. The van der Waals surface area contributed by atoms with Gasteiger partial charge in [-0.05, 0) is 24.3 Å². The van der Waals surface area contributed by atoms with Crippen molar-refractivity contribution in [3.8, 4) is 0 Å². The van der Waals surface area contributed by atoms with Crippen molar-refractivity contribution in [2.24, 2.45) is 0 Å². The minimum absolute atomic E-state index is 0.225. The second-order valence-corrected chi connectivity index (χ2v) is 4.29. The summed E-state index contributed by atoms with van der Waals surface area (Å²) in [6, 6.07) is 7.63. The molecule has 2 aromatic heterocycles. The number of H-pyrrole nitrogens is 1. The zero-order valence-electron chi connectivity index (χ0n) is 10.8. The monoisotopic (exact) mass is 271 g/mol. The molecule has 2 N–H and O–H groups in total. The van der Waals surface area contributed by atoms with Crippen molar-refractivity contribution < 1.29 is 13.9 Å². The Bertz CT molecular complexity index is 745. The van der Waals surface area contributed by atoms with E-state index in [4.69, 9.17) is 4.42 Å². The molecule has 3 rings (SSSR count). The Morgan fingerprint density at radius 1 is 1.45 bits per heavy atom. The van der Waals surface area contributed by atoms with Crippen LogP contribution in [-0.2, 0) is 11.3 Å². The van der Waals surface area contributed by atoms with E-state index in [1.165, 1.54) is 13.4 Å². The molecule has 0 saturated carbocycles. The summed E-state index contributed by atoms with van der Waals surface area (Å²) in [7, 11) is 1.33.